The third kappa shape index (κ3) is 2.32. The van der Waals surface area contributed by atoms with E-state index < -0.39 is 23.2 Å². The number of rotatable bonds is 4. The second-order valence-electron chi connectivity index (χ2n) is 5.83. The Morgan fingerprint density at radius 1 is 1.27 bits per heavy atom. The van der Waals surface area contributed by atoms with Crippen LogP contribution in [0.3, 0.4) is 0 Å². The van der Waals surface area contributed by atoms with Gasteiger partial charge in [0.2, 0.25) is 11.9 Å². The first-order valence-corrected chi connectivity index (χ1v) is 6.77. The maximum atomic E-state index is 12.2. The van der Waals surface area contributed by atoms with Gasteiger partial charge in [0.1, 0.15) is 0 Å². The van der Waals surface area contributed by atoms with E-state index >= 15 is 0 Å². The molecule has 8 heteroatoms. The second-order valence-corrected chi connectivity index (χ2v) is 5.83. The van der Waals surface area contributed by atoms with Crippen molar-refractivity contribution in [3.05, 3.63) is 30.9 Å². The van der Waals surface area contributed by atoms with E-state index in [9.17, 15) is 9.59 Å². The van der Waals surface area contributed by atoms with Crippen LogP contribution in [0.1, 0.15) is 13.8 Å². The zero-order valence-electron chi connectivity index (χ0n) is 12.1. The summed E-state index contributed by atoms with van der Waals surface area (Å²) in [6.07, 6.45) is 6.23. The lowest BCUT2D eigenvalue weighted by molar-refractivity contribution is -0.140. The molecule has 2 N–H and O–H groups in total. The van der Waals surface area contributed by atoms with Crippen molar-refractivity contribution in [2.75, 3.05) is 5.32 Å². The first kappa shape index (κ1) is 14.2. The van der Waals surface area contributed by atoms with Crippen LogP contribution in [0, 0.1) is 17.3 Å². The number of anilines is 1. The molecule has 8 nitrogen and oxygen atoms in total. The Morgan fingerprint density at radius 3 is 2.55 bits per heavy atom. The van der Waals surface area contributed by atoms with Gasteiger partial charge in [-0.05, 0) is 11.5 Å². The fourth-order valence-corrected chi connectivity index (χ4v) is 2.71. The topological polar surface area (TPSA) is 110 Å². The standard InChI is InChI=1S/C14H15N5O3/c1-14(2)9(10(14)12(21)22)11(20)18-8-6-17-19(7-8)13-15-4-3-5-16-13/h3-7,9-10H,1-2H3,(H,18,20)(H,21,22)/t9-,10+/m1/s1. The van der Waals surface area contributed by atoms with Crippen molar-refractivity contribution < 1.29 is 14.7 Å². The number of nitrogens with one attached hydrogen (secondary N) is 1. The molecule has 0 aliphatic heterocycles. The van der Waals surface area contributed by atoms with Crippen molar-refractivity contribution >= 4 is 17.6 Å². The Hall–Kier alpha value is -2.77. The van der Waals surface area contributed by atoms with Crippen molar-refractivity contribution in [2.45, 2.75) is 13.8 Å². The molecule has 1 aliphatic rings. The van der Waals surface area contributed by atoms with E-state index in [1.54, 1.807) is 38.5 Å². The number of amides is 1. The Labute approximate surface area is 126 Å². The lowest BCUT2D eigenvalue weighted by Crippen LogP contribution is -2.17. The summed E-state index contributed by atoms with van der Waals surface area (Å²) >= 11 is 0. The molecule has 0 saturated heterocycles. The van der Waals surface area contributed by atoms with Crippen LogP contribution in [0.4, 0.5) is 5.69 Å². The molecule has 3 rings (SSSR count). The highest BCUT2D eigenvalue weighted by Gasteiger charge is 2.65. The lowest BCUT2D eigenvalue weighted by atomic mass is 10.1. The van der Waals surface area contributed by atoms with Gasteiger partial charge in [-0.3, -0.25) is 9.59 Å². The zero-order valence-corrected chi connectivity index (χ0v) is 12.1. The molecular weight excluding hydrogens is 286 g/mol. The van der Waals surface area contributed by atoms with Gasteiger partial charge in [-0.25, -0.2) is 14.6 Å². The molecule has 1 saturated carbocycles. The summed E-state index contributed by atoms with van der Waals surface area (Å²) in [5.41, 5.74) is -0.0571. The first-order valence-electron chi connectivity index (χ1n) is 6.77. The minimum atomic E-state index is -0.946. The van der Waals surface area contributed by atoms with Gasteiger partial charge in [-0.15, -0.1) is 0 Å². The van der Waals surface area contributed by atoms with Crippen LogP contribution in [0.5, 0.6) is 0 Å². The van der Waals surface area contributed by atoms with E-state index in [2.05, 4.69) is 20.4 Å². The van der Waals surface area contributed by atoms with Crippen molar-refractivity contribution in [1.82, 2.24) is 19.7 Å². The number of aliphatic carboxylic acids is 1. The van der Waals surface area contributed by atoms with Crippen molar-refractivity contribution in [1.29, 1.82) is 0 Å². The van der Waals surface area contributed by atoms with Gasteiger partial charge < -0.3 is 10.4 Å². The summed E-state index contributed by atoms with van der Waals surface area (Å²) < 4.78 is 1.43. The summed E-state index contributed by atoms with van der Waals surface area (Å²) in [4.78, 5) is 31.4. The van der Waals surface area contributed by atoms with E-state index in [1.807, 2.05) is 0 Å². The van der Waals surface area contributed by atoms with Crippen LogP contribution in [-0.4, -0.2) is 36.7 Å². The first-order chi connectivity index (χ1) is 10.4. The molecule has 1 aliphatic carbocycles. The number of hydrogen-bond donors (Lipinski definition) is 2. The highest BCUT2D eigenvalue weighted by Crippen LogP contribution is 2.58. The molecule has 2 aromatic rings. The minimum absolute atomic E-state index is 0.314. The molecule has 2 heterocycles. The number of carboxylic acids is 1. The highest BCUT2D eigenvalue weighted by atomic mass is 16.4. The van der Waals surface area contributed by atoms with Crippen LogP contribution in [0.15, 0.2) is 30.9 Å². The van der Waals surface area contributed by atoms with E-state index in [1.165, 1.54) is 10.9 Å². The molecule has 0 aromatic carbocycles. The monoisotopic (exact) mass is 301 g/mol. The molecule has 0 unspecified atom stereocenters. The summed E-state index contributed by atoms with van der Waals surface area (Å²) in [7, 11) is 0. The molecule has 1 amide bonds. The molecule has 2 aromatic heterocycles. The lowest BCUT2D eigenvalue weighted by Gasteiger charge is -2.03. The quantitative estimate of drug-likeness (QED) is 0.870. The molecule has 22 heavy (non-hydrogen) atoms. The van der Waals surface area contributed by atoms with Crippen LogP contribution >= 0.6 is 0 Å². The minimum Gasteiger partial charge on any atom is -0.481 e. The second kappa shape index (κ2) is 4.90. The van der Waals surface area contributed by atoms with Crippen molar-refractivity contribution in [2.24, 2.45) is 17.3 Å². The fraction of sp³-hybridized carbons (Fsp3) is 0.357. The predicted octanol–water partition coefficient (Wildman–Crippen LogP) is 0.958. The molecule has 0 radical (unpaired) electrons. The summed E-state index contributed by atoms with van der Waals surface area (Å²) in [6.45, 7) is 3.55. The predicted molar refractivity (Wildman–Crippen MR) is 76.2 cm³/mol. The van der Waals surface area contributed by atoms with Crippen LogP contribution in [-0.2, 0) is 9.59 Å². The Kier molecular flexibility index (Phi) is 3.16. The SMILES string of the molecule is CC1(C)[C@H](C(=O)O)[C@@H]1C(=O)Nc1cnn(-c2ncccn2)c1. The van der Waals surface area contributed by atoms with Gasteiger partial charge in [-0.2, -0.15) is 5.10 Å². The van der Waals surface area contributed by atoms with Crippen molar-refractivity contribution in [3.63, 3.8) is 0 Å². The number of nitrogens with zero attached hydrogens (tertiary/aromatic N) is 4. The largest absolute Gasteiger partial charge is 0.481 e. The van der Waals surface area contributed by atoms with Crippen molar-refractivity contribution in [3.8, 4) is 5.95 Å². The van der Waals surface area contributed by atoms with Crippen LogP contribution in [0.25, 0.3) is 5.95 Å². The van der Waals surface area contributed by atoms with Gasteiger partial charge in [-0.1, -0.05) is 13.8 Å². The normalized spacial score (nSPS) is 22.1. The molecule has 0 spiro atoms. The number of carbonyl (C=O) groups excluding carboxylic acids is 1. The van der Waals surface area contributed by atoms with Gasteiger partial charge in [0.15, 0.2) is 0 Å². The van der Waals surface area contributed by atoms with E-state index in [4.69, 9.17) is 5.11 Å². The molecule has 114 valence electrons. The van der Waals surface area contributed by atoms with Gasteiger partial charge in [0.05, 0.1) is 29.9 Å². The van der Waals surface area contributed by atoms with Gasteiger partial charge in [0.25, 0.3) is 0 Å². The third-order valence-corrected chi connectivity index (χ3v) is 3.98. The summed E-state index contributed by atoms with van der Waals surface area (Å²) in [5.74, 6) is -2.07. The average molecular weight is 301 g/mol. The highest BCUT2D eigenvalue weighted by molar-refractivity contribution is 5.99. The van der Waals surface area contributed by atoms with Gasteiger partial charge in [0, 0.05) is 12.4 Å². The Morgan fingerprint density at radius 2 is 1.95 bits per heavy atom. The number of hydrogen-bond acceptors (Lipinski definition) is 5. The Balaban J connectivity index is 1.71. The summed E-state index contributed by atoms with van der Waals surface area (Å²) in [5, 5.41) is 15.9. The number of carbonyl (C=O) groups is 2. The smallest absolute Gasteiger partial charge is 0.307 e. The van der Waals surface area contributed by atoms with E-state index in [-0.39, 0.29) is 5.91 Å². The molecule has 1 fully saturated rings. The summed E-state index contributed by atoms with van der Waals surface area (Å²) in [6, 6.07) is 1.69. The number of aromatic nitrogens is 4. The molecule has 0 bridgehead atoms. The van der Waals surface area contributed by atoms with Crippen LogP contribution < -0.4 is 5.32 Å². The Bertz CT molecular complexity index is 725. The maximum absolute atomic E-state index is 12.2. The number of carboxylic acid groups (broad SMARTS) is 1. The third-order valence-electron chi connectivity index (χ3n) is 3.98. The van der Waals surface area contributed by atoms with E-state index in [0.29, 0.717) is 11.6 Å². The molecular formula is C14H15N5O3. The van der Waals surface area contributed by atoms with Crippen LogP contribution in [0.2, 0.25) is 0 Å². The van der Waals surface area contributed by atoms with Gasteiger partial charge >= 0.3 is 5.97 Å². The maximum Gasteiger partial charge on any atom is 0.307 e. The molecule has 2 atom stereocenters. The zero-order chi connectivity index (χ0) is 15.9. The fourth-order valence-electron chi connectivity index (χ4n) is 2.71. The average Bonchev–Trinajstić information content (AvgIpc) is 2.82. The van der Waals surface area contributed by atoms with E-state index in [0.717, 1.165) is 0 Å².